The topological polar surface area (TPSA) is 116 Å². The monoisotopic (exact) mass is 367 g/mol. The zero-order valence-corrected chi connectivity index (χ0v) is 14.9. The summed E-state index contributed by atoms with van der Waals surface area (Å²) in [6.07, 6.45) is 0.659. The number of hydrogen-bond acceptors (Lipinski definition) is 5. The Morgan fingerprint density at radius 2 is 2.00 bits per heavy atom. The fourth-order valence-corrected chi connectivity index (χ4v) is 3.70. The van der Waals surface area contributed by atoms with E-state index in [-0.39, 0.29) is 29.6 Å². The number of aliphatic imine (C=N–C) groups is 1. The van der Waals surface area contributed by atoms with Gasteiger partial charge in [0.05, 0.1) is 10.8 Å². The van der Waals surface area contributed by atoms with Crippen molar-refractivity contribution in [3.8, 4) is 0 Å². The Hall–Kier alpha value is -2.42. The molecule has 1 atom stereocenters. The van der Waals surface area contributed by atoms with Gasteiger partial charge in [-0.2, -0.15) is 0 Å². The molecular weight excluding hydrogens is 346 g/mol. The van der Waals surface area contributed by atoms with E-state index in [1.807, 2.05) is 0 Å². The van der Waals surface area contributed by atoms with E-state index in [0.717, 1.165) is 0 Å². The number of nitrogens with zero attached hydrogens (tertiary/aromatic N) is 2. The number of carboxylic acid groups (broad SMARTS) is 1. The van der Waals surface area contributed by atoms with E-state index in [2.05, 4.69) is 9.71 Å². The smallest absolute Gasteiger partial charge is 0.308 e. The largest absolute Gasteiger partial charge is 0.481 e. The average molecular weight is 367 g/mol. The van der Waals surface area contributed by atoms with Gasteiger partial charge in [-0.15, -0.1) is 0 Å². The van der Waals surface area contributed by atoms with E-state index in [0.29, 0.717) is 18.5 Å². The van der Waals surface area contributed by atoms with Crippen LogP contribution in [0.3, 0.4) is 0 Å². The molecule has 2 N–H and O–H groups in total. The van der Waals surface area contributed by atoms with Crippen LogP contribution in [-0.2, 0) is 19.6 Å². The first-order chi connectivity index (χ1) is 11.7. The van der Waals surface area contributed by atoms with Gasteiger partial charge in [-0.05, 0) is 18.6 Å². The predicted molar refractivity (Wildman–Crippen MR) is 91.8 cm³/mol. The Balaban J connectivity index is 1.88. The maximum atomic E-state index is 12.0. The highest BCUT2D eigenvalue weighted by Crippen LogP contribution is 2.22. The second-order valence-corrected chi connectivity index (χ2v) is 7.60. The van der Waals surface area contributed by atoms with Crippen LogP contribution in [0, 0.1) is 5.92 Å². The molecule has 1 aliphatic heterocycles. The number of amidine groups is 1. The molecule has 136 valence electrons. The van der Waals surface area contributed by atoms with Crippen molar-refractivity contribution in [3.05, 3.63) is 29.8 Å². The van der Waals surface area contributed by atoms with Gasteiger partial charge < -0.3 is 10.0 Å². The summed E-state index contributed by atoms with van der Waals surface area (Å²) in [6.45, 7) is 1.98. The SMILES string of the molecule is CC(CN(C)C(=O)CCCN=C1NS(=O)(=O)c2ccccc21)C(=O)O. The zero-order valence-electron chi connectivity index (χ0n) is 14.1. The quantitative estimate of drug-likeness (QED) is 0.688. The lowest BCUT2D eigenvalue weighted by Crippen LogP contribution is -2.33. The molecule has 2 rings (SSSR count). The van der Waals surface area contributed by atoms with Crippen LogP contribution in [0.15, 0.2) is 34.2 Å². The van der Waals surface area contributed by atoms with Gasteiger partial charge in [-0.1, -0.05) is 19.1 Å². The third kappa shape index (κ3) is 4.56. The van der Waals surface area contributed by atoms with E-state index >= 15 is 0 Å². The van der Waals surface area contributed by atoms with Crippen LogP contribution in [0.5, 0.6) is 0 Å². The Bertz CT molecular complexity index is 804. The van der Waals surface area contributed by atoms with Gasteiger partial charge in [-0.25, -0.2) is 8.42 Å². The van der Waals surface area contributed by atoms with E-state index in [9.17, 15) is 18.0 Å². The Labute approximate surface area is 146 Å². The summed E-state index contributed by atoms with van der Waals surface area (Å²) < 4.78 is 26.3. The second-order valence-electron chi connectivity index (χ2n) is 5.95. The molecule has 0 aliphatic carbocycles. The molecule has 1 aromatic carbocycles. The molecule has 0 radical (unpaired) electrons. The summed E-state index contributed by atoms with van der Waals surface area (Å²) in [5.41, 5.74) is 0.529. The van der Waals surface area contributed by atoms with Gasteiger partial charge >= 0.3 is 5.97 Å². The number of nitrogens with one attached hydrogen (secondary N) is 1. The summed E-state index contributed by atoms with van der Waals surface area (Å²) in [5, 5.41) is 8.86. The van der Waals surface area contributed by atoms with Crippen molar-refractivity contribution < 1.29 is 23.1 Å². The molecule has 0 saturated heterocycles. The van der Waals surface area contributed by atoms with E-state index in [4.69, 9.17) is 5.11 Å². The molecule has 0 bridgehead atoms. The summed E-state index contributed by atoms with van der Waals surface area (Å²) in [7, 11) is -1.99. The minimum atomic E-state index is -3.55. The minimum Gasteiger partial charge on any atom is -0.481 e. The number of rotatable bonds is 7. The number of carboxylic acids is 1. The molecule has 1 amide bonds. The van der Waals surface area contributed by atoms with E-state index in [1.54, 1.807) is 32.2 Å². The third-order valence-corrected chi connectivity index (χ3v) is 5.27. The van der Waals surface area contributed by atoms with Crippen LogP contribution in [-0.4, -0.2) is 56.3 Å². The van der Waals surface area contributed by atoms with E-state index in [1.165, 1.54) is 11.0 Å². The van der Waals surface area contributed by atoms with Gasteiger partial charge in [0.15, 0.2) is 0 Å². The van der Waals surface area contributed by atoms with Crippen molar-refractivity contribution in [1.29, 1.82) is 0 Å². The molecule has 0 fully saturated rings. The molecule has 0 saturated carbocycles. The number of carbonyl (C=O) groups is 2. The van der Waals surface area contributed by atoms with Gasteiger partial charge in [-0.3, -0.25) is 19.3 Å². The van der Waals surface area contributed by atoms with E-state index < -0.39 is 21.9 Å². The highest BCUT2D eigenvalue weighted by molar-refractivity contribution is 7.90. The van der Waals surface area contributed by atoms with Crippen LogP contribution in [0.1, 0.15) is 25.3 Å². The number of amides is 1. The maximum absolute atomic E-state index is 12.0. The number of hydrogen-bond donors (Lipinski definition) is 2. The zero-order chi connectivity index (χ0) is 18.6. The highest BCUT2D eigenvalue weighted by atomic mass is 32.2. The predicted octanol–water partition coefficient (Wildman–Crippen LogP) is 0.684. The van der Waals surface area contributed by atoms with Gasteiger partial charge in [0.25, 0.3) is 10.0 Å². The lowest BCUT2D eigenvalue weighted by Gasteiger charge is -2.19. The summed E-state index contributed by atoms with van der Waals surface area (Å²) in [6, 6.07) is 6.58. The third-order valence-electron chi connectivity index (χ3n) is 3.88. The lowest BCUT2D eigenvalue weighted by molar-refractivity contribution is -0.142. The van der Waals surface area contributed by atoms with Crippen molar-refractivity contribution in [2.45, 2.75) is 24.7 Å². The molecule has 0 spiro atoms. The molecule has 1 heterocycles. The van der Waals surface area contributed by atoms with Crippen molar-refractivity contribution in [2.24, 2.45) is 10.9 Å². The number of fused-ring (bicyclic) bond motifs is 1. The van der Waals surface area contributed by atoms with Crippen LogP contribution < -0.4 is 4.72 Å². The Kier molecular flexibility index (Phi) is 5.78. The second kappa shape index (κ2) is 7.64. The van der Waals surface area contributed by atoms with Crippen LogP contribution in [0.4, 0.5) is 0 Å². The maximum Gasteiger partial charge on any atom is 0.308 e. The van der Waals surface area contributed by atoms with Crippen LogP contribution >= 0.6 is 0 Å². The van der Waals surface area contributed by atoms with Gasteiger partial charge in [0.2, 0.25) is 5.91 Å². The first kappa shape index (κ1) is 18.9. The van der Waals surface area contributed by atoms with Crippen LogP contribution in [0.25, 0.3) is 0 Å². The molecule has 9 heteroatoms. The summed E-state index contributed by atoms with van der Waals surface area (Å²) >= 11 is 0. The number of carbonyl (C=O) groups excluding carboxylic acids is 1. The standard InChI is InChI=1S/C16H21N3O5S/c1-11(16(21)22)10-19(2)14(20)8-5-9-17-15-12-6-3-4-7-13(12)25(23,24)18-15/h3-4,6-7,11H,5,8-10H2,1-2H3,(H,17,18)(H,21,22). The molecule has 25 heavy (non-hydrogen) atoms. The molecule has 1 aliphatic rings. The normalized spacial score (nSPS) is 17.6. The van der Waals surface area contributed by atoms with Gasteiger partial charge in [0, 0.05) is 32.1 Å². The van der Waals surface area contributed by atoms with Crippen LogP contribution in [0.2, 0.25) is 0 Å². The number of sulfonamides is 1. The highest BCUT2D eigenvalue weighted by Gasteiger charge is 2.29. The molecule has 1 unspecified atom stereocenters. The first-order valence-corrected chi connectivity index (χ1v) is 9.34. The summed E-state index contributed by atoms with van der Waals surface area (Å²) in [4.78, 5) is 28.6. The number of aliphatic carboxylic acids is 1. The van der Waals surface area contributed by atoms with Crippen molar-refractivity contribution >= 4 is 27.7 Å². The van der Waals surface area contributed by atoms with Crippen molar-refractivity contribution in [3.63, 3.8) is 0 Å². The lowest BCUT2D eigenvalue weighted by atomic mass is 10.1. The molecule has 0 aromatic heterocycles. The Morgan fingerprint density at radius 1 is 1.32 bits per heavy atom. The molecular formula is C16H21N3O5S. The molecule has 8 nitrogen and oxygen atoms in total. The average Bonchev–Trinajstić information content (AvgIpc) is 2.82. The van der Waals surface area contributed by atoms with Gasteiger partial charge in [0.1, 0.15) is 5.84 Å². The van der Waals surface area contributed by atoms with Crippen molar-refractivity contribution in [2.75, 3.05) is 20.1 Å². The number of benzene rings is 1. The minimum absolute atomic E-state index is 0.149. The Morgan fingerprint density at radius 3 is 2.68 bits per heavy atom. The first-order valence-electron chi connectivity index (χ1n) is 7.86. The van der Waals surface area contributed by atoms with Crippen molar-refractivity contribution in [1.82, 2.24) is 9.62 Å². The fraction of sp³-hybridized carbons (Fsp3) is 0.438. The fourth-order valence-electron chi connectivity index (χ4n) is 2.45. The molecule has 1 aromatic rings. The summed E-state index contributed by atoms with van der Waals surface area (Å²) in [5.74, 6) is -1.45.